The summed E-state index contributed by atoms with van der Waals surface area (Å²) in [5, 5.41) is 4.84. The van der Waals surface area contributed by atoms with Crippen molar-refractivity contribution in [2.45, 2.75) is 38.8 Å². The average Bonchev–Trinajstić information content (AvgIpc) is 2.65. The van der Waals surface area contributed by atoms with E-state index in [1.165, 1.54) is 0 Å². The van der Waals surface area contributed by atoms with Crippen molar-refractivity contribution >= 4 is 55.9 Å². The Hall–Kier alpha value is -1.89. The highest BCUT2D eigenvalue weighted by Crippen LogP contribution is 2.30. The topological polar surface area (TPSA) is 64.1 Å². The molecule has 0 unspecified atom stereocenters. The first-order chi connectivity index (χ1) is 13.7. The fourth-order valence-electron chi connectivity index (χ4n) is 2.91. The van der Waals surface area contributed by atoms with E-state index in [0.29, 0.717) is 33.4 Å². The number of hydrogen-bond donors (Lipinski definition) is 1. The molecule has 3 aromatic rings. The van der Waals surface area contributed by atoms with Crippen LogP contribution in [0.3, 0.4) is 0 Å². The maximum Gasteiger partial charge on any atom is 0.261 e. The molecule has 2 heterocycles. The Balaban J connectivity index is 1.80. The number of halogens is 3. The Bertz CT molecular complexity index is 1060. The number of amides is 1. The first kappa shape index (κ1) is 21.8. The maximum absolute atomic E-state index is 12.9. The van der Waals surface area contributed by atoms with Gasteiger partial charge in [0.05, 0.1) is 21.8 Å². The number of nitrogens with one attached hydrogen (secondary N) is 1. The van der Waals surface area contributed by atoms with E-state index in [1.54, 1.807) is 30.6 Å². The third-order valence-corrected chi connectivity index (χ3v) is 5.37. The van der Waals surface area contributed by atoms with Crippen molar-refractivity contribution in [3.63, 3.8) is 0 Å². The summed E-state index contributed by atoms with van der Waals surface area (Å²) in [5.41, 5.74) is 0.625. The molecule has 0 bridgehead atoms. The van der Waals surface area contributed by atoms with Crippen molar-refractivity contribution in [3.8, 4) is 5.75 Å². The second-order valence-electron chi connectivity index (χ2n) is 7.12. The van der Waals surface area contributed by atoms with Crippen molar-refractivity contribution in [2.75, 3.05) is 0 Å². The Morgan fingerprint density at radius 1 is 1.24 bits per heavy atom. The van der Waals surface area contributed by atoms with Gasteiger partial charge in [0.1, 0.15) is 5.75 Å². The van der Waals surface area contributed by atoms with Gasteiger partial charge in [-0.3, -0.25) is 14.8 Å². The molecule has 0 aliphatic heterocycles. The lowest BCUT2D eigenvalue weighted by molar-refractivity contribution is -0.130. The van der Waals surface area contributed by atoms with Gasteiger partial charge in [0.15, 0.2) is 6.10 Å². The standard InChI is InChI=1S/C21H20BrCl2N3O2/c1-4-17(20(28)27-21(2,3)18-9-14(23)5-6-25-18)29-15-8-12-7-13(22)11-26-19(12)16(24)10-15/h5-11,17H,4H2,1-3H3,(H,27,28)/t17-/m0/s1. The predicted molar refractivity (Wildman–Crippen MR) is 120 cm³/mol. The molecular weight excluding hydrogens is 477 g/mol. The Kier molecular flexibility index (Phi) is 6.66. The van der Waals surface area contributed by atoms with Crippen LogP contribution in [0, 0.1) is 0 Å². The minimum absolute atomic E-state index is 0.247. The van der Waals surface area contributed by atoms with Crippen LogP contribution in [0.5, 0.6) is 5.75 Å². The number of aromatic nitrogens is 2. The van der Waals surface area contributed by atoms with Gasteiger partial charge in [-0.05, 0) is 60.5 Å². The van der Waals surface area contributed by atoms with E-state index in [1.807, 2.05) is 32.9 Å². The van der Waals surface area contributed by atoms with Crippen molar-refractivity contribution in [1.29, 1.82) is 0 Å². The van der Waals surface area contributed by atoms with Crippen molar-refractivity contribution in [1.82, 2.24) is 15.3 Å². The number of pyridine rings is 2. The number of ether oxygens (including phenoxy) is 1. The smallest absolute Gasteiger partial charge is 0.261 e. The first-order valence-corrected chi connectivity index (χ1v) is 10.6. The lowest BCUT2D eigenvalue weighted by atomic mass is 9.99. The van der Waals surface area contributed by atoms with Crippen LogP contribution >= 0.6 is 39.1 Å². The van der Waals surface area contributed by atoms with Gasteiger partial charge in [-0.1, -0.05) is 30.1 Å². The fourth-order valence-corrected chi connectivity index (χ4v) is 3.68. The summed E-state index contributed by atoms with van der Waals surface area (Å²) in [6.45, 7) is 5.62. The molecule has 29 heavy (non-hydrogen) atoms. The summed E-state index contributed by atoms with van der Waals surface area (Å²) in [5.74, 6) is 0.256. The molecule has 1 amide bonds. The van der Waals surface area contributed by atoms with Gasteiger partial charge < -0.3 is 10.1 Å². The van der Waals surface area contributed by atoms with Crippen molar-refractivity contribution in [2.24, 2.45) is 0 Å². The van der Waals surface area contributed by atoms with Gasteiger partial charge in [0.25, 0.3) is 5.91 Å². The van der Waals surface area contributed by atoms with Crippen LogP contribution < -0.4 is 10.1 Å². The van der Waals surface area contributed by atoms with Gasteiger partial charge in [-0.2, -0.15) is 0 Å². The number of benzene rings is 1. The molecule has 1 atom stereocenters. The molecule has 0 spiro atoms. The molecule has 1 aromatic carbocycles. The van der Waals surface area contributed by atoms with Gasteiger partial charge in [0, 0.05) is 33.3 Å². The quantitative estimate of drug-likeness (QED) is 0.460. The van der Waals surface area contributed by atoms with Crippen LogP contribution in [0.15, 0.2) is 47.2 Å². The Morgan fingerprint density at radius 3 is 2.69 bits per heavy atom. The van der Waals surface area contributed by atoms with Gasteiger partial charge in [-0.15, -0.1) is 0 Å². The normalized spacial score (nSPS) is 12.6. The summed E-state index contributed by atoms with van der Waals surface area (Å²) in [6, 6.07) is 8.81. The molecular formula is C21H20BrCl2N3O2. The van der Waals surface area contributed by atoms with Crippen LogP contribution in [0.2, 0.25) is 10.0 Å². The van der Waals surface area contributed by atoms with Crippen molar-refractivity contribution in [3.05, 3.63) is 62.9 Å². The number of rotatable bonds is 6. The summed E-state index contributed by atoms with van der Waals surface area (Å²) < 4.78 is 6.81. The zero-order valence-electron chi connectivity index (χ0n) is 16.2. The van der Waals surface area contributed by atoms with E-state index in [9.17, 15) is 4.79 Å². The summed E-state index contributed by atoms with van der Waals surface area (Å²) in [7, 11) is 0. The lowest BCUT2D eigenvalue weighted by Gasteiger charge is -2.28. The number of carbonyl (C=O) groups is 1. The largest absolute Gasteiger partial charge is 0.481 e. The number of fused-ring (bicyclic) bond motifs is 1. The predicted octanol–water partition coefficient (Wildman–Crippen LogP) is 5.91. The SMILES string of the molecule is CC[C@H](Oc1cc(Cl)c2ncc(Br)cc2c1)C(=O)NC(C)(C)c1cc(Cl)ccn1. The zero-order valence-corrected chi connectivity index (χ0v) is 19.3. The van der Waals surface area contributed by atoms with E-state index < -0.39 is 11.6 Å². The van der Waals surface area contributed by atoms with Gasteiger partial charge in [-0.25, -0.2) is 0 Å². The minimum Gasteiger partial charge on any atom is -0.481 e. The fraction of sp³-hybridized carbons (Fsp3) is 0.286. The monoisotopic (exact) mass is 495 g/mol. The Morgan fingerprint density at radius 2 is 2.00 bits per heavy atom. The number of hydrogen-bond acceptors (Lipinski definition) is 4. The average molecular weight is 497 g/mol. The molecule has 0 radical (unpaired) electrons. The van der Waals surface area contributed by atoms with Gasteiger partial charge in [0.2, 0.25) is 0 Å². The van der Waals surface area contributed by atoms with Crippen LogP contribution in [-0.2, 0) is 10.3 Å². The molecule has 152 valence electrons. The molecule has 8 heteroatoms. The molecule has 2 aromatic heterocycles. The van der Waals surface area contributed by atoms with Crippen LogP contribution in [0.4, 0.5) is 0 Å². The molecule has 1 N–H and O–H groups in total. The molecule has 3 rings (SSSR count). The summed E-state index contributed by atoms with van der Waals surface area (Å²) >= 11 is 15.8. The van der Waals surface area contributed by atoms with E-state index in [-0.39, 0.29) is 5.91 Å². The highest BCUT2D eigenvalue weighted by molar-refractivity contribution is 9.10. The van der Waals surface area contributed by atoms with Gasteiger partial charge >= 0.3 is 0 Å². The first-order valence-electron chi connectivity index (χ1n) is 9.05. The molecule has 0 saturated carbocycles. The molecule has 0 aliphatic carbocycles. The second kappa shape index (κ2) is 8.86. The van der Waals surface area contributed by atoms with E-state index in [4.69, 9.17) is 27.9 Å². The number of nitrogens with zero attached hydrogens (tertiary/aromatic N) is 2. The number of carbonyl (C=O) groups excluding carboxylic acids is 1. The van der Waals surface area contributed by atoms with E-state index in [2.05, 4.69) is 31.2 Å². The van der Waals surface area contributed by atoms with Crippen LogP contribution in [0.25, 0.3) is 10.9 Å². The van der Waals surface area contributed by atoms with Crippen molar-refractivity contribution < 1.29 is 9.53 Å². The third kappa shape index (κ3) is 5.18. The summed E-state index contributed by atoms with van der Waals surface area (Å²) in [4.78, 5) is 21.5. The third-order valence-electron chi connectivity index (χ3n) is 4.42. The minimum atomic E-state index is -0.714. The van der Waals surface area contributed by atoms with Crippen LogP contribution in [0.1, 0.15) is 32.9 Å². The molecule has 0 aliphatic rings. The second-order valence-corrected chi connectivity index (χ2v) is 8.88. The van der Waals surface area contributed by atoms with Crippen LogP contribution in [-0.4, -0.2) is 22.0 Å². The maximum atomic E-state index is 12.9. The Labute approximate surface area is 187 Å². The molecule has 0 saturated heterocycles. The highest BCUT2D eigenvalue weighted by Gasteiger charge is 2.29. The van der Waals surface area contributed by atoms with E-state index in [0.717, 1.165) is 9.86 Å². The lowest BCUT2D eigenvalue weighted by Crippen LogP contribution is -2.47. The highest BCUT2D eigenvalue weighted by atomic mass is 79.9. The van der Waals surface area contributed by atoms with E-state index >= 15 is 0 Å². The summed E-state index contributed by atoms with van der Waals surface area (Å²) in [6.07, 6.45) is 3.09. The zero-order chi connectivity index (χ0) is 21.2. The molecule has 5 nitrogen and oxygen atoms in total. The molecule has 0 fully saturated rings.